The van der Waals surface area contributed by atoms with E-state index in [0.29, 0.717) is 12.0 Å². The highest BCUT2D eigenvalue weighted by atomic mass is 16.4. The minimum atomic E-state index is -0.655. The molecule has 0 amide bonds. The fraction of sp³-hybridized carbons (Fsp3) is 0.917. The van der Waals surface area contributed by atoms with Crippen molar-refractivity contribution < 1.29 is 9.90 Å². The zero-order valence-electron chi connectivity index (χ0n) is 9.41. The molecule has 2 rings (SSSR count). The van der Waals surface area contributed by atoms with E-state index >= 15 is 0 Å². The Morgan fingerprint density at radius 3 is 2.60 bits per heavy atom. The van der Waals surface area contributed by atoms with Crippen LogP contribution in [0, 0.1) is 11.8 Å². The van der Waals surface area contributed by atoms with Crippen LogP contribution in [0.5, 0.6) is 0 Å². The number of aliphatic carboxylic acids is 1. The Morgan fingerprint density at radius 2 is 2.13 bits per heavy atom. The Kier molecular flexibility index (Phi) is 3.29. The van der Waals surface area contributed by atoms with Gasteiger partial charge in [-0.2, -0.15) is 0 Å². The van der Waals surface area contributed by atoms with E-state index < -0.39 is 5.97 Å². The molecule has 15 heavy (non-hydrogen) atoms. The predicted octanol–water partition coefficient (Wildman–Crippen LogP) is 2.02. The van der Waals surface area contributed by atoms with E-state index in [2.05, 4.69) is 12.2 Å². The van der Waals surface area contributed by atoms with Crippen molar-refractivity contribution in [1.29, 1.82) is 0 Å². The van der Waals surface area contributed by atoms with Gasteiger partial charge in [-0.15, -0.1) is 0 Å². The van der Waals surface area contributed by atoms with Crippen molar-refractivity contribution in [2.75, 3.05) is 0 Å². The predicted molar refractivity (Wildman–Crippen MR) is 58.7 cm³/mol. The molecule has 3 heteroatoms. The molecule has 2 aliphatic carbocycles. The highest BCUT2D eigenvalue weighted by Crippen LogP contribution is 2.35. The molecule has 0 bridgehead atoms. The summed E-state index contributed by atoms with van der Waals surface area (Å²) in [5, 5.41) is 12.4. The van der Waals surface area contributed by atoms with Crippen molar-refractivity contribution >= 4 is 5.97 Å². The maximum Gasteiger partial charge on any atom is 0.320 e. The molecular formula is C12H21NO2. The van der Waals surface area contributed by atoms with Crippen molar-refractivity contribution in [1.82, 2.24) is 5.32 Å². The molecule has 2 saturated carbocycles. The van der Waals surface area contributed by atoms with Crippen molar-refractivity contribution in [3.63, 3.8) is 0 Å². The average Bonchev–Trinajstić information content (AvgIpc) is 2.94. The topological polar surface area (TPSA) is 49.3 Å². The monoisotopic (exact) mass is 211 g/mol. The number of hydrogen-bond acceptors (Lipinski definition) is 2. The Hall–Kier alpha value is -0.570. The maximum atomic E-state index is 11.1. The van der Waals surface area contributed by atoms with Gasteiger partial charge in [0.05, 0.1) is 0 Å². The second-order valence-electron chi connectivity index (χ2n) is 5.10. The summed E-state index contributed by atoms with van der Waals surface area (Å²) in [6.07, 6.45) is 7.02. The van der Waals surface area contributed by atoms with Gasteiger partial charge in [0.25, 0.3) is 0 Å². The van der Waals surface area contributed by atoms with Crippen molar-refractivity contribution in [2.24, 2.45) is 11.8 Å². The number of carboxylic acids is 1. The summed E-state index contributed by atoms with van der Waals surface area (Å²) < 4.78 is 0. The van der Waals surface area contributed by atoms with E-state index in [4.69, 9.17) is 5.11 Å². The lowest BCUT2D eigenvalue weighted by atomic mass is 10.0. The zero-order valence-corrected chi connectivity index (χ0v) is 9.41. The highest BCUT2D eigenvalue weighted by Gasteiger charge is 2.38. The molecule has 0 radical (unpaired) electrons. The quantitative estimate of drug-likeness (QED) is 0.731. The number of rotatable bonds is 5. The van der Waals surface area contributed by atoms with Gasteiger partial charge in [-0.1, -0.05) is 13.3 Å². The first-order valence-corrected chi connectivity index (χ1v) is 6.19. The molecule has 0 heterocycles. The van der Waals surface area contributed by atoms with Crippen LogP contribution in [0.2, 0.25) is 0 Å². The molecule has 0 aromatic rings. The van der Waals surface area contributed by atoms with Gasteiger partial charge in [-0.25, -0.2) is 0 Å². The third-order valence-corrected chi connectivity index (χ3v) is 3.89. The molecular weight excluding hydrogens is 190 g/mol. The molecule has 0 spiro atoms. The largest absolute Gasteiger partial charge is 0.480 e. The van der Waals surface area contributed by atoms with Crippen molar-refractivity contribution in [2.45, 2.75) is 57.5 Å². The van der Waals surface area contributed by atoms with E-state index in [-0.39, 0.29) is 6.04 Å². The van der Waals surface area contributed by atoms with Gasteiger partial charge in [0.2, 0.25) is 0 Å². The van der Waals surface area contributed by atoms with Gasteiger partial charge >= 0.3 is 5.97 Å². The smallest absolute Gasteiger partial charge is 0.320 e. The summed E-state index contributed by atoms with van der Waals surface area (Å²) in [4.78, 5) is 11.1. The van der Waals surface area contributed by atoms with Crippen LogP contribution >= 0.6 is 0 Å². The van der Waals surface area contributed by atoms with Crippen LogP contribution in [0.25, 0.3) is 0 Å². The summed E-state index contributed by atoms with van der Waals surface area (Å²) in [7, 11) is 0. The van der Waals surface area contributed by atoms with E-state index in [1.165, 1.54) is 19.3 Å². The molecule has 0 saturated heterocycles. The Labute approximate surface area is 91.2 Å². The van der Waals surface area contributed by atoms with Crippen LogP contribution in [0.1, 0.15) is 45.4 Å². The second-order valence-corrected chi connectivity index (χ2v) is 5.10. The SMILES string of the molecule is CCC1CCC(NC(C(=O)O)C2CC2)C1. The lowest BCUT2D eigenvalue weighted by molar-refractivity contribution is -0.140. The van der Waals surface area contributed by atoms with Crippen LogP contribution < -0.4 is 5.32 Å². The highest BCUT2D eigenvalue weighted by molar-refractivity contribution is 5.74. The Balaban J connectivity index is 1.82. The second kappa shape index (κ2) is 4.52. The number of nitrogens with one attached hydrogen (secondary N) is 1. The summed E-state index contributed by atoms with van der Waals surface area (Å²) in [6, 6.07) is 0.183. The van der Waals surface area contributed by atoms with Gasteiger partial charge in [-0.3, -0.25) is 4.79 Å². The van der Waals surface area contributed by atoms with E-state index in [0.717, 1.165) is 25.2 Å². The summed E-state index contributed by atoms with van der Waals surface area (Å²) in [5.41, 5.74) is 0. The Morgan fingerprint density at radius 1 is 1.40 bits per heavy atom. The lowest BCUT2D eigenvalue weighted by Crippen LogP contribution is -2.43. The maximum absolute atomic E-state index is 11.1. The molecule has 0 aromatic carbocycles. The summed E-state index contributed by atoms with van der Waals surface area (Å²) in [5.74, 6) is 0.566. The van der Waals surface area contributed by atoms with Crippen molar-refractivity contribution in [3.05, 3.63) is 0 Å². The summed E-state index contributed by atoms with van der Waals surface area (Å²) in [6.45, 7) is 2.22. The van der Waals surface area contributed by atoms with Gasteiger partial charge in [0, 0.05) is 6.04 Å². The summed E-state index contributed by atoms with van der Waals surface area (Å²) >= 11 is 0. The molecule has 2 fully saturated rings. The minimum Gasteiger partial charge on any atom is -0.480 e. The van der Waals surface area contributed by atoms with E-state index in [1.807, 2.05) is 0 Å². The minimum absolute atomic E-state index is 0.273. The number of carbonyl (C=O) groups is 1. The van der Waals surface area contributed by atoms with Crippen LogP contribution in [-0.4, -0.2) is 23.2 Å². The molecule has 3 atom stereocenters. The normalized spacial score (nSPS) is 32.9. The van der Waals surface area contributed by atoms with E-state index in [9.17, 15) is 4.79 Å². The van der Waals surface area contributed by atoms with Crippen LogP contribution in [-0.2, 0) is 4.79 Å². The first kappa shape index (κ1) is 10.9. The number of hydrogen-bond donors (Lipinski definition) is 2. The van der Waals surface area contributed by atoms with Crippen LogP contribution in [0.4, 0.5) is 0 Å². The molecule has 0 aliphatic heterocycles. The van der Waals surface area contributed by atoms with Gasteiger partial charge in [0.1, 0.15) is 6.04 Å². The molecule has 3 nitrogen and oxygen atoms in total. The first-order valence-electron chi connectivity index (χ1n) is 6.19. The van der Waals surface area contributed by atoms with Crippen LogP contribution in [0.3, 0.4) is 0 Å². The fourth-order valence-electron chi connectivity index (χ4n) is 2.69. The van der Waals surface area contributed by atoms with Crippen molar-refractivity contribution in [3.8, 4) is 0 Å². The first-order chi connectivity index (χ1) is 7.20. The third-order valence-electron chi connectivity index (χ3n) is 3.89. The van der Waals surface area contributed by atoms with Crippen LogP contribution in [0.15, 0.2) is 0 Å². The van der Waals surface area contributed by atoms with E-state index in [1.54, 1.807) is 0 Å². The molecule has 0 aromatic heterocycles. The average molecular weight is 211 g/mol. The molecule has 86 valence electrons. The Bertz CT molecular complexity index is 238. The zero-order chi connectivity index (χ0) is 10.8. The van der Waals surface area contributed by atoms with Gasteiger partial charge < -0.3 is 10.4 Å². The molecule has 2 aliphatic rings. The lowest BCUT2D eigenvalue weighted by Gasteiger charge is -2.19. The third kappa shape index (κ3) is 2.71. The number of carboxylic acid groups (broad SMARTS) is 1. The van der Waals surface area contributed by atoms with Gasteiger partial charge in [-0.05, 0) is 43.9 Å². The standard InChI is InChI=1S/C12H21NO2/c1-2-8-3-6-10(7-8)13-11(12(14)15)9-4-5-9/h8-11,13H,2-7H2,1H3,(H,14,15). The fourth-order valence-corrected chi connectivity index (χ4v) is 2.69. The molecule has 3 unspecified atom stereocenters. The van der Waals surface area contributed by atoms with Gasteiger partial charge in [0.15, 0.2) is 0 Å². The molecule has 2 N–H and O–H groups in total.